The van der Waals surface area contributed by atoms with Crippen molar-refractivity contribution >= 4 is 21.7 Å². The third-order valence-electron chi connectivity index (χ3n) is 2.66. The number of benzene rings is 1. The van der Waals surface area contributed by atoms with E-state index in [2.05, 4.69) is 45.2 Å². The number of nitrogens with one attached hydrogen (secondary N) is 1. The maximum atomic E-state index is 5.69. The molecule has 5 nitrogen and oxygen atoms in total. The molecule has 0 fully saturated rings. The van der Waals surface area contributed by atoms with E-state index < -0.39 is 0 Å². The van der Waals surface area contributed by atoms with Gasteiger partial charge in [-0.15, -0.1) is 0 Å². The minimum atomic E-state index is 0.417. The molecule has 1 aromatic heterocycles. The van der Waals surface area contributed by atoms with Gasteiger partial charge >= 0.3 is 0 Å². The number of nitrogens with two attached hydrogens (primary N) is 1. The van der Waals surface area contributed by atoms with Gasteiger partial charge in [0.05, 0.1) is 0 Å². The van der Waals surface area contributed by atoms with Crippen LogP contribution in [-0.2, 0) is 0 Å². The SMILES string of the molecule is CC(C)c1ccc(Oc2ncnc(NN)c2Br)cc1. The smallest absolute Gasteiger partial charge is 0.238 e. The highest BCUT2D eigenvalue weighted by atomic mass is 79.9. The summed E-state index contributed by atoms with van der Waals surface area (Å²) >= 11 is 3.34. The van der Waals surface area contributed by atoms with E-state index in [1.807, 2.05) is 24.3 Å². The third-order valence-corrected chi connectivity index (χ3v) is 3.37. The van der Waals surface area contributed by atoms with E-state index in [1.165, 1.54) is 11.9 Å². The van der Waals surface area contributed by atoms with Crippen molar-refractivity contribution in [3.63, 3.8) is 0 Å². The van der Waals surface area contributed by atoms with Crippen LogP contribution in [0.3, 0.4) is 0 Å². The predicted molar refractivity (Wildman–Crippen MR) is 78.1 cm³/mol. The minimum Gasteiger partial charge on any atom is -0.438 e. The van der Waals surface area contributed by atoms with Gasteiger partial charge in [0.2, 0.25) is 5.88 Å². The molecular formula is C13H15BrN4O. The van der Waals surface area contributed by atoms with Crippen LogP contribution >= 0.6 is 15.9 Å². The van der Waals surface area contributed by atoms with Gasteiger partial charge in [-0.1, -0.05) is 26.0 Å². The maximum Gasteiger partial charge on any atom is 0.238 e. The van der Waals surface area contributed by atoms with Gasteiger partial charge in [0.1, 0.15) is 16.5 Å². The van der Waals surface area contributed by atoms with Gasteiger partial charge in [0, 0.05) is 0 Å². The molecule has 0 amide bonds. The number of rotatable bonds is 4. The van der Waals surface area contributed by atoms with E-state index in [-0.39, 0.29) is 0 Å². The van der Waals surface area contributed by atoms with Gasteiger partial charge in [-0.25, -0.2) is 15.8 Å². The molecule has 0 radical (unpaired) electrons. The zero-order valence-electron chi connectivity index (χ0n) is 10.7. The number of nitrogen functional groups attached to an aromatic ring is 1. The maximum absolute atomic E-state index is 5.69. The van der Waals surface area contributed by atoms with Crippen LogP contribution < -0.4 is 16.0 Å². The minimum absolute atomic E-state index is 0.417. The highest BCUT2D eigenvalue weighted by Crippen LogP contribution is 2.31. The van der Waals surface area contributed by atoms with E-state index in [4.69, 9.17) is 10.6 Å². The average molecular weight is 323 g/mol. The van der Waals surface area contributed by atoms with Gasteiger partial charge < -0.3 is 10.2 Å². The Labute approximate surface area is 120 Å². The quantitative estimate of drug-likeness (QED) is 0.666. The Kier molecular flexibility index (Phi) is 4.34. The van der Waals surface area contributed by atoms with E-state index in [1.54, 1.807) is 0 Å². The third kappa shape index (κ3) is 3.21. The summed E-state index contributed by atoms with van der Waals surface area (Å²) in [7, 11) is 0. The van der Waals surface area contributed by atoms with Crippen LogP contribution in [0.15, 0.2) is 35.1 Å². The molecule has 2 aromatic rings. The summed E-state index contributed by atoms with van der Waals surface area (Å²) in [4.78, 5) is 8.03. The standard InChI is InChI=1S/C13H15BrN4O/c1-8(2)9-3-5-10(6-4-9)19-13-11(14)12(18-15)16-7-17-13/h3-8H,15H2,1-2H3,(H,16,17,18). The van der Waals surface area contributed by atoms with Crippen LogP contribution in [0.25, 0.3) is 0 Å². The summed E-state index contributed by atoms with van der Waals surface area (Å²) in [5.74, 6) is 7.44. The van der Waals surface area contributed by atoms with Crippen molar-refractivity contribution in [1.29, 1.82) is 0 Å². The Bertz CT molecular complexity index is 557. The number of hydrogen-bond acceptors (Lipinski definition) is 5. The fourth-order valence-electron chi connectivity index (χ4n) is 1.56. The van der Waals surface area contributed by atoms with Gasteiger partial charge in [0.15, 0.2) is 5.82 Å². The number of hydrazine groups is 1. The summed E-state index contributed by atoms with van der Waals surface area (Å²) in [5.41, 5.74) is 3.73. The lowest BCUT2D eigenvalue weighted by Crippen LogP contribution is -2.09. The first-order valence-corrected chi connectivity index (χ1v) is 6.66. The molecule has 0 saturated heterocycles. The fourth-order valence-corrected chi connectivity index (χ4v) is 1.96. The fraction of sp³-hybridized carbons (Fsp3) is 0.231. The molecule has 3 N–H and O–H groups in total. The highest BCUT2D eigenvalue weighted by molar-refractivity contribution is 9.10. The van der Waals surface area contributed by atoms with Crippen molar-refractivity contribution in [3.05, 3.63) is 40.6 Å². The lowest BCUT2D eigenvalue weighted by atomic mass is 10.0. The molecule has 0 aliphatic carbocycles. The molecule has 19 heavy (non-hydrogen) atoms. The van der Waals surface area contributed by atoms with Crippen molar-refractivity contribution in [2.75, 3.05) is 5.43 Å². The zero-order chi connectivity index (χ0) is 13.8. The molecule has 6 heteroatoms. The molecule has 0 aliphatic rings. The van der Waals surface area contributed by atoms with Crippen molar-refractivity contribution in [2.45, 2.75) is 19.8 Å². The number of nitrogens with zero attached hydrogens (tertiary/aromatic N) is 2. The largest absolute Gasteiger partial charge is 0.438 e. The molecule has 0 atom stereocenters. The highest BCUT2D eigenvalue weighted by Gasteiger charge is 2.10. The number of aromatic nitrogens is 2. The molecular weight excluding hydrogens is 308 g/mol. The summed E-state index contributed by atoms with van der Waals surface area (Å²) in [6.07, 6.45) is 1.39. The monoisotopic (exact) mass is 322 g/mol. The molecule has 0 unspecified atom stereocenters. The number of halogens is 1. The Morgan fingerprint density at radius 3 is 2.47 bits per heavy atom. The molecule has 0 aliphatic heterocycles. The van der Waals surface area contributed by atoms with Crippen LogP contribution in [0.5, 0.6) is 11.6 Å². The second kappa shape index (κ2) is 5.99. The van der Waals surface area contributed by atoms with E-state index in [0.29, 0.717) is 27.8 Å². The Morgan fingerprint density at radius 1 is 1.21 bits per heavy atom. The molecule has 1 heterocycles. The molecule has 1 aromatic carbocycles. The predicted octanol–water partition coefficient (Wildman–Crippen LogP) is 3.44. The van der Waals surface area contributed by atoms with Gasteiger partial charge in [0.25, 0.3) is 0 Å². The van der Waals surface area contributed by atoms with E-state index >= 15 is 0 Å². The first kappa shape index (κ1) is 13.8. The summed E-state index contributed by atoms with van der Waals surface area (Å²) in [6, 6.07) is 7.91. The second-order valence-electron chi connectivity index (χ2n) is 4.31. The first-order chi connectivity index (χ1) is 9.11. The molecule has 2 rings (SSSR count). The van der Waals surface area contributed by atoms with Crippen molar-refractivity contribution in [3.8, 4) is 11.6 Å². The summed E-state index contributed by atoms with van der Waals surface area (Å²) in [5, 5.41) is 0. The second-order valence-corrected chi connectivity index (χ2v) is 5.10. The van der Waals surface area contributed by atoms with Crippen LogP contribution in [0.1, 0.15) is 25.3 Å². The Balaban J connectivity index is 2.21. The average Bonchev–Trinajstić information content (AvgIpc) is 2.42. The van der Waals surface area contributed by atoms with Crippen LogP contribution in [0.4, 0.5) is 5.82 Å². The lowest BCUT2D eigenvalue weighted by molar-refractivity contribution is 0.458. The van der Waals surface area contributed by atoms with Gasteiger partial charge in [-0.05, 0) is 39.5 Å². The summed E-state index contributed by atoms with van der Waals surface area (Å²) in [6.45, 7) is 4.30. The van der Waals surface area contributed by atoms with Crippen molar-refractivity contribution in [1.82, 2.24) is 9.97 Å². The number of anilines is 1. The summed E-state index contributed by atoms with van der Waals surface area (Å²) < 4.78 is 6.28. The van der Waals surface area contributed by atoms with Crippen molar-refractivity contribution in [2.24, 2.45) is 5.84 Å². The van der Waals surface area contributed by atoms with Crippen LogP contribution in [-0.4, -0.2) is 9.97 Å². The van der Waals surface area contributed by atoms with Crippen LogP contribution in [0.2, 0.25) is 0 Å². The first-order valence-electron chi connectivity index (χ1n) is 5.86. The molecule has 0 saturated carbocycles. The number of ether oxygens (including phenoxy) is 1. The zero-order valence-corrected chi connectivity index (χ0v) is 12.3. The molecule has 100 valence electrons. The Morgan fingerprint density at radius 2 is 1.89 bits per heavy atom. The van der Waals surface area contributed by atoms with Crippen molar-refractivity contribution < 1.29 is 4.74 Å². The van der Waals surface area contributed by atoms with Gasteiger partial charge in [-0.3, -0.25) is 0 Å². The normalized spacial score (nSPS) is 10.6. The number of hydrogen-bond donors (Lipinski definition) is 2. The van der Waals surface area contributed by atoms with Gasteiger partial charge in [-0.2, -0.15) is 0 Å². The topological polar surface area (TPSA) is 73.1 Å². The van der Waals surface area contributed by atoms with E-state index in [0.717, 1.165) is 0 Å². The molecule has 0 bridgehead atoms. The van der Waals surface area contributed by atoms with Crippen LogP contribution in [0, 0.1) is 0 Å². The molecule has 0 spiro atoms. The lowest BCUT2D eigenvalue weighted by Gasteiger charge is -2.10. The van der Waals surface area contributed by atoms with E-state index in [9.17, 15) is 0 Å². The Hall–Kier alpha value is -1.66.